The van der Waals surface area contributed by atoms with E-state index in [1.165, 1.54) is 0 Å². The largest absolute Gasteiger partial charge is 0.382 e. The van der Waals surface area contributed by atoms with Gasteiger partial charge >= 0.3 is 0 Å². The van der Waals surface area contributed by atoms with E-state index in [0.29, 0.717) is 12.2 Å². The topological polar surface area (TPSA) is 38.3 Å². The molecule has 0 aromatic heterocycles. The Hall–Kier alpha value is -0.870. The SMILES string of the molecule is COCC(C)(C)NC(=O)c1cc(C)cc(Br)c1. The van der Waals surface area contributed by atoms with E-state index in [-0.39, 0.29) is 11.4 Å². The third-order valence-electron chi connectivity index (χ3n) is 2.26. The van der Waals surface area contributed by atoms with Gasteiger partial charge in [-0.25, -0.2) is 0 Å². The molecule has 1 amide bonds. The van der Waals surface area contributed by atoms with E-state index in [1.54, 1.807) is 7.11 Å². The second-order valence-electron chi connectivity index (χ2n) is 4.79. The van der Waals surface area contributed by atoms with Crippen molar-refractivity contribution in [2.24, 2.45) is 0 Å². The van der Waals surface area contributed by atoms with Crippen molar-refractivity contribution in [1.82, 2.24) is 5.32 Å². The summed E-state index contributed by atoms with van der Waals surface area (Å²) in [4.78, 5) is 12.1. The van der Waals surface area contributed by atoms with Gasteiger partial charge in [0.1, 0.15) is 0 Å². The molecule has 0 heterocycles. The summed E-state index contributed by atoms with van der Waals surface area (Å²) in [7, 11) is 1.62. The Morgan fingerprint density at radius 3 is 2.59 bits per heavy atom. The Morgan fingerprint density at radius 2 is 2.06 bits per heavy atom. The molecule has 94 valence electrons. The number of amides is 1. The van der Waals surface area contributed by atoms with E-state index >= 15 is 0 Å². The van der Waals surface area contributed by atoms with Crippen LogP contribution in [0.5, 0.6) is 0 Å². The quantitative estimate of drug-likeness (QED) is 0.928. The molecule has 1 aromatic carbocycles. The van der Waals surface area contributed by atoms with E-state index in [4.69, 9.17) is 4.74 Å². The number of benzene rings is 1. The molecule has 0 bridgehead atoms. The average molecular weight is 300 g/mol. The number of halogens is 1. The number of methoxy groups -OCH3 is 1. The Morgan fingerprint density at radius 1 is 1.41 bits per heavy atom. The molecule has 0 aliphatic heterocycles. The lowest BCUT2D eigenvalue weighted by Gasteiger charge is -2.25. The van der Waals surface area contributed by atoms with Crippen LogP contribution in [0.25, 0.3) is 0 Å². The lowest BCUT2D eigenvalue weighted by Crippen LogP contribution is -2.46. The molecule has 1 rings (SSSR count). The highest BCUT2D eigenvalue weighted by Gasteiger charge is 2.21. The summed E-state index contributed by atoms with van der Waals surface area (Å²) in [5.74, 6) is -0.0866. The zero-order chi connectivity index (χ0) is 13.1. The van der Waals surface area contributed by atoms with Gasteiger partial charge in [0.2, 0.25) is 0 Å². The first-order valence-corrected chi connectivity index (χ1v) is 6.22. The van der Waals surface area contributed by atoms with E-state index in [9.17, 15) is 4.79 Å². The molecular formula is C13H18BrNO2. The molecule has 4 heteroatoms. The molecule has 0 aliphatic rings. The van der Waals surface area contributed by atoms with Gasteiger partial charge in [-0.15, -0.1) is 0 Å². The number of carbonyl (C=O) groups is 1. The molecule has 0 unspecified atom stereocenters. The van der Waals surface area contributed by atoms with Crippen LogP contribution in [0.3, 0.4) is 0 Å². The van der Waals surface area contributed by atoms with Crippen molar-refractivity contribution in [3.8, 4) is 0 Å². The second-order valence-corrected chi connectivity index (χ2v) is 5.70. The van der Waals surface area contributed by atoms with E-state index < -0.39 is 0 Å². The molecule has 0 radical (unpaired) electrons. The highest BCUT2D eigenvalue weighted by molar-refractivity contribution is 9.10. The molecule has 3 nitrogen and oxygen atoms in total. The fourth-order valence-corrected chi connectivity index (χ4v) is 2.25. The minimum atomic E-state index is -0.373. The number of aryl methyl sites for hydroxylation is 1. The fourth-order valence-electron chi connectivity index (χ4n) is 1.64. The third-order valence-corrected chi connectivity index (χ3v) is 2.72. The highest BCUT2D eigenvalue weighted by Crippen LogP contribution is 2.16. The van der Waals surface area contributed by atoms with Crippen LogP contribution in [-0.2, 0) is 4.74 Å². The summed E-state index contributed by atoms with van der Waals surface area (Å²) < 4.78 is 5.98. The molecule has 0 saturated heterocycles. The minimum Gasteiger partial charge on any atom is -0.382 e. The van der Waals surface area contributed by atoms with Gasteiger partial charge in [0.05, 0.1) is 12.1 Å². The van der Waals surface area contributed by atoms with E-state index in [0.717, 1.165) is 10.0 Å². The van der Waals surface area contributed by atoms with Crippen LogP contribution in [0.1, 0.15) is 29.8 Å². The lowest BCUT2D eigenvalue weighted by atomic mass is 10.1. The van der Waals surface area contributed by atoms with Gasteiger partial charge in [0, 0.05) is 17.1 Å². The van der Waals surface area contributed by atoms with Gasteiger partial charge < -0.3 is 10.1 Å². The molecule has 1 N–H and O–H groups in total. The first-order chi connectivity index (χ1) is 7.84. The van der Waals surface area contributed by atoms with Crippen molar-refractivity contribution in [3.05, 3.63) is 33.8 Å². The number of nitrogens with one attached hydrogen (secondary N) is 1. The molecule has 0 fully saturated rings. The predicted octanol–water partition coefficient (Wildman–Crippen LogP) is 2.91. The lowest BCUT2D eigenvalue weighted by molar-refractivity contribution is 0.0820. The van der Waals surface area contributed by atoms with Crippen molar-refractivity contribution in [2.45, 2.75) is 26.3 Å². The zero-order valence-electron chi connectivity index (χ0n) is 10.6. The predicted molar refractivity (Wildman–Crippen MR) is 72.3 cm³/mol. The zero-order valence-corrected chi connectivity index (χ0v) is 12.2. The number of carbonyl (C=O) groups excluding carboxylic acids is 1. The van der Waals surface area contributed by atoms with Crippen molar-refractivity contribution >= 4 is 21.8 Å². The normalized spacial score (nSPS) is 11.4. The average Bonchev–Trinajstić information content (AvgIpc) is 2.14. The molecule has 0 spiro atoms. The van der Waals surface area contributed by atoms with Crippen LogP contribution in [0.2, 0.25) is 0 Å². The first-order valence-electron chi connectivity index (χ1n) is 5.43. The number of hydrogen-bond acceptors (Lipinski definition) is 2. The third kappa shape index (κ3) is 4.48. The summed E-state index contributed by atoms with van der Waals surface area (Å²) in [5, 5.41) is 2.94. The van der Waals surface area contributed by atoms with E-state index in [1.807, 2.05) is 39.0 Å². The Balaban J connectivity index is 2.83. The first kappa shape index (κ1) is 14.2. The summed E-state index contributed by atoms with van der Waals surface area (Å²) in [6.45, 7) is 6.30. The summed E-state index contributed by atoms with van der Waals surface area (Å²) in [6.07, 6.45) is 0. The van der Waals surface area contributed by atoms with Gasteiger partial charge in [-0.05, 0) is 44.5 Å². The molecule has 17 heavy (non-hydrogen) atoms. The smallest absolute Gasteiger partial charge is 0.251 e. The molecule has 0 saturated carbocycles. The Bertz CT molecular complexity index is 396. The van der Waals surface area contributed by atoms with Gasteiger partial charge in [-0.2, -0.15) is 0 Å². The summed E-state index contributed by atoms with van der Waals surface area (Å²) in [5.41, 5.74) is 1.33. The van der Waals surface area contributed by atoms with Crippen LogP contribution in [0.15, 0.2) is 22.7 Å². The number of rotatable bonds is 4. The van der Waals surface area contributed by atoms with E-state index in [2.05, 4.69) is 21.2 Å². The van der Waals surface area contributed by atoms with Gasteiger partial charge in [-0.3, -0.25) is 4.79 Å². The Kier molecular flexibility index (Phi) is 4.71. The van der Waals surface area contributed by atoms with Gasteiger partial charge in [0.15, 0.2) is 0 Å². The number of ether oxygens (including phenoxy) is 1. The highest BCUT2D eigenvalue weighted by atomic mass is 79.9. The maximum absolute atomic E-state index is 12.1. The Labute approximate surface area is 111 Å². The maximum atomic E-state index is 12.1. The molecule has 0 aliphatic carbocycles. The molecular weight excluding hydrogens is 282 g/mol. The van der Waals surface area contributed by atoms with Crippen molar-refractivity contribution in [3.63, 3.8) is 0 Å². The summed E-state index contributed by atoms with van der Waals surface area (Å²) >= 11 is 3.39. The van der Waals surface area contributed by atoms with Crippen LogP contribution in [0, 0.1) is 6.92 Å². The van der Waals surface area contributed by atoms with Crippen LogP contribution in [-0.4, -0.2) is 25.2 Å². The van der Waals surface area contributed by atoms with Crippen molar-refractivity contribution in [2.75, 3.05) is 13.7 Å². The van der Waals surface area contributed by atoms with Crippen LogP contribution in [0.4, 0.5) is 0 Å². The molecule has 0 atom stereocenters. The fraction of sp³-hybridized carbons (Fsp3) is 0.462. The van der Waals surface area contributed by atoms with Crippen LogP contribution >= 0.6 is 15.9 Å². The monoisotopic (exact) mass is 299 g/mol. The second kappa shape index (κ2) is 5.65. The van der Waals surface area contributed by atoms with Gasteiger partial charge in [-0.1, -0.05) is 15.9 Å². The van der Waals surface area contributed by atoms with Gasteiger partial charge in [0.25, 0.3) is 5.91 Å². The standard InChI is InChI=1S/C13H18BrNO2/c1-9-5-10(7-11(14)6-9)12(16)15-13(2,3)8-17-4/h5-7H,8H2,1-4H3,(H,15,16). The number of hydrogen-bond donors (Lipinski definition) is 1. The van der Waals surface area contributed by atoms with Crippen molar-refractivity contribution < 1.29 is 9.53 Å². The van der Waals surface area contributed by atoms with Crippen molar-refractivity contribution in [1.29, 1.82) is 0 Å². The minimum absolute atomic E-state index is 0.0866. The van der Waals surface area contributed by atoms with Crippen LogP contribution < -0.4 is 5.32 Å². The molecule has 1 aromatic rings. The summed E-state index contributed by atoms with van der Waals surface area (Å²) in [6, 6.07) is 5.64. The maximum Gasteiger partial charge on any atom is 0.251 e.